The SMILES string of the molecule is CC(C)(C)[Si](C)(C)OCC1CCN(c2ncccc2I)C1. The molecule has 21 heavy (non-hydrogen) atoms. The first kappa shape index (κ1) is 17.2. The average molecular weight is 418 g/mol. The number of hydrogen-bond acceptors (Lipinski definition) is 3. The molecule has 2 heterocycles. The molecule has 1 aliphatic heterocycles. The predicted molar refractivity (Wildman–Crippen MR) is 100 cm³/mol. The fourth-order valence-electron chi connectivity index (χ4n) is 2.31. The van der Waals surface area contributed by atoms with Gasteiger partial charge >= 0.3 is 0 Å². The first-order chi connectivity index (χ1) is 9.71. The highest BCUT2D eigenvalue weighted by atomic mass is 127. The topological polar surface area (TPSA) is 25.4 Å². The van der Waals surface area contributed by atoms with Gasteiger partial charge in [-0.3, -0.25) is 0 Å². The van der Waals surface area contributed by atoms with Gasteiger partial charge in [-0.2, -0.15) is 0 Å². The summed E-state index contributed by atoms with van der Waals surface area (Å²) in [4.78, 5) is 6.93. The van der Waals surface area contributed by atoms with Crippen molar-refractivity contribution in [2.24, 2.45) is 5.92 Å². The standard InChI is InChI=1S/C16H27IN2OSi/c1-16(2,3)21(4,5)20-12-13-8-10-19(11-13)15-14(17)7-6-9-18-15/h6-7,9,13H,8,10-12H2,1-5H3. The lowest BCUT2D eigenvalue weighted by Gasteiger charge is -2.37. The second-order valence-corrected chi connectivity index (χ2v) is 13.5. The Balaban J connectivity index is 1.91. The zero-order valence-corrected chi connectivity index (χ0v) is 17.0. The molecule has 0 radical (unpaired) electrons. The summed E-state index contributed by atoms with van der Waals surface area (Å²) in [6, 6.07) is 4.13. The Kier molecular flexibility index (Phi) is 5.36. The Morgan fingerprint density at radius 3 is 2.76 bits per heavy atom. The van der Waals surface area contributed by atoms with Crippen LogP contribution in [0.15, 0.2) is 18.3 Å². The fraction of sp³-hybridized carbons (Fsp3) is 0.688. The van der Waals surface area contributed by atoms with Gasteiger partial charge in [0.1, 0.15) is 5.82 Å². The summed E-state index contributed by atoms with van der Waals surface area (Å²) >= 11 is 2.37. The predicted octanol–water partition coefficient (Wildman–Crippen LogP) is 4.53. The summed E-state index contributed by atoms with van der Waals surface area (Å²) in [6.45, 7) is 14.6. The first-order valence-corrected chi connectivity index (χ1v) is 11.7. The lowest BCUT2D eigenvalue weighted by molar-refractivity contribution is 0.238. The van der Waals surface area contributed by atoms with Crippen LogP contribution >= 0.6 is 22.6 Å². The van der Waals surface area contributed by atoms with Gasteiger partial charge in [0.05, 0.1) is 3.57 Å². The van der Waals surface area contributed by atoms with Crippen LogP contribution in [0.1, 0.15) is 27.2 Å². The van der Waals surface area contributed by atoms with Gasteiger partial charge in [-0.1, -0.05) is 20.8 Å². The number of aromatic nitrogens is 1. The van der Waals surface area contributed by atoms with E-state index in [0.717, 1.165) is 25.5 Å². The van der Waals surface area contributed by atoms with Gasteiger partial charge < -0.3 is 9.33 Å². The van der Waals surface area contributed by atoms with Crippen molar-refractivity contribution in [3.63, 3.8) is 0 Å². The monoisotopic (exact) mass is 418 g/mol. The van der Waals surface area contributed by atoms with E-state index in [-0.39, 0.29) is 0 Å². The van der Waals surface area contributed by atoms with Crippen molar-refractivity contribution in [1.29, 1.82) is 0 Å². The Labute approximate surface area is 143 Å². The summed E-state index contributed by atoms with van der Waals surface area (Å²) in [5, 5.41) is 0.293. The van der Waals surface area contributed by atoms with Crippen LogP contribution in [-0.4, -0.2) is 33.0 Å². The number of hydrogen-bond donors (Lipinski definition) is 0. The summed E-state index contributed by atoms with van der Waals surface area (Å²) in [5.74, 6) is 1.77. The minimum Gasteiger partial charge on any atom is -0.416 e. The van der Waals surface area contributed by atoms with Gasteiger partial charge in [0.2, 0.25) is 0 Å². The highest BCUT2D eigenvalue weighted by Gasteiger charge is 2.38. The van der Waals surface area contributed by atoms with Gasteiger partial charge in [-0.05, 0) is 59.3 Å². The molecule has 0 aliphatic carbocycles. The van der Waals surface area contributed by atoms with E-state index in [1.165, 1.54) is 9.99 Å². The van der Waals surface area contributed by atoms with Crippen LogP contribution in [0.3, 0.4) is 0 Å². The van der Waals surface area contributed by atoms with Crippen molar-refractivity contribution in [2.75, 3.05) is 24.6 Å². The van der Waals surface area contributed by atoms with Gasteiger partial charge in [0, 0.05) is 31.8 Å². The van der Waals surface area contributed by atoms with E-state index in [1.807, 2.05) is 12.3 Å². The molecule has 1 aromatic rings. The highest BCUT2D eigenvalue weighted by molar-refractivity contribution is 14.1. The van der Waals surface area contributed by atoms with Crippen molar-refractivity contribution in [3.8, 4) is 0 Å². The Hall–Kier alpha value is -0.143. The smallest absolute Gasteiger partial charge is 0.191 e. The maximum absolute atomic E-state index is 6.38. The van der Waals surface area contributed by atoms with Gasteiger partial charge in [-0.25, -0.2) is 4.98 Å². The van der Waals surface area contributed by atoms with E-state index in [2.05, 4.69) is 72.4 Å². The molecule has 0 amide bonds. The molecule has 1 atom stereocenters. The second-order valence-electron chi connectivity index (χ2n) is 7.48. The summed E-state index contributed by atoms with van der Waals surface area (Å²) in [5.41, 5.74) is 0. The van der Waals surface area contributed by atoms with Crippen LogP contribution in [0, 0.1) is 9.49 Å². The van der Waals surface area contributed by atoms with Crippen LogP contribution in [-0.2, 0) is 4.43 Å². The summed E-state index contributed by atoms with van der Waals surface area (Å²) in [7, 11) is -1.62. The zero-order valence-electron chi connectivity index (χ0n) is 13.8. The summed E-state index contributed by atoms with van der Waals surface area (Å²) < 4.78 is 7.62. The minimum atomic E-state index is -1.62. The Morgan fingerprint density at radius 1 is 1.43 bits per heavy atom. The van der Waals surface area contributed by atoms with Gasteiger partial charge in [0.15, 0.2) is 8.32 Å². The lowest BCUT2D eigenvalue weighted by Crippen LogP contribution is -2.42. The molecule has 1 aliphatic rings. The number of anilines is 1. The van der Waals surface area contributed by atoms with Crippen LogP contribution in [0.4, 0.5) is 5.82 Å². The number of pyridine rings is 1. The van der Waals surface area contributed by atoms with Crippen LogP contribution in [0.2, 0.25) is 18.1 Å². The third-order valence-electron chi connectivity index (χ3n) is 4.81. The largest absolute Gasteiger partial charge is 0.416 e. The molecule has 1 saturated heterocycles. The normalized spacial score (nSPS) is 20.1. The van der Waals surface area contributed by atoms with E-state index in [4.69, 9.17) is 4.43 Å². The number of halogens is 1. The Morgan fingerprint density at radius 2 is 2.14 bits per heavy atom. The van der Waals surface area contributed by atoms with Crippen LogP contribution < -0.4 is 4.90 Å². The van der Waals surface area contributed by atoms with E-state index >= 15 is 0 Å². The molecule has 5 heteroatoms. The molecule has 1 unspecified atom stereocenters. The molecule has 0 aromatic carbocycles. The van der Waals surface area contributed by atoms with E-state index in [0.29, 0.717) is 11.0 Å². The van der Waals surface area contributed by atoms with Crippen LogP contribution in [0.5, 0.6) is 0 Å². The molecular formula is C16H27IN2OSi. The molecule has 118 valence electrons. The maximum Gasteiger partial charge on any atom is 0.191 e. The molecule has 3 nitrogen and oxygen atoms in total. The summed E-state index contributed by atoms with van der Waals surface area (Å²) in [6.07, 6.45) is 3.10. The van der Waals surface area contributed by atoms with E-state index in [9.17, 15) is 0 Å². The van der Waals surface area contributed by atoms with E-state index < -0.39 is 8.32 Å². The molecular weight excluding hydrogens is 391 g/mol. The van der Waals surface area contributed by atoms with Crippen molar-refractivity contribution in [3.05, 3.63) is 21.9 Å². The van der Waals surface area contributed by atoms with Crippen molar-refractivity contribution >= 4 is 36.7 Å². The van der Waals surface area contributed by atoms with Crippen molar-refractivity contribution < 1.29 is 4.43 Å². The third-order valence-corrected chi connectivity index (χ3v) is 10.2. The van der Waals surface area contributed by atoms with Crippen LogP contribution in [0.25, 0.3) is 0 Å². The number of rotatable bonds is 4. The highest BCUT2D eigenvalue weighted by Crippen LogP contribution is 2.37. The van der Waals surface area contributed by atoms with Crippen molar-refractivity contribution in [1.82, 2.24) is 4.98 Å². The fourth-order valence-corrected chi connectivity index (χ4v) is 4.09. The molecule has 0 N–H and O–H groups in total. The molecule has 2 rings (SSSR count). The second kappa shape index (κ2) is 6.54. The maximum atomic E-state index is 6.38. The van der Waals surface area contributed by atoms with E-state index in [1.54, 1.807) is 0 Å². The Bertz CT molecular complexity index is 487. The van der Waals surface area contributed by atoms with Gasteiger partial charge in [0.25, 0.3) is 0 Å². The molecule has 1 fully saturated rings. The first-order valence-electron chi connectivity index (χ1n) is 7.70. The molecule has 0 spiro atoms. The molecule has 1 aromatic heterocycles. The minimum absolute atomic E-state index is 0.293. The quantitative estimate of drug-likeness (QED) is 0.531. The average Bonchev–Trinajstić information content (AvgIpc) is 2.84. The zero-order chi connectivity index (χ0) is 15.7. The lowest BCUT2D eigenvalue weighted by atomic mass is 10.1. The van der Waals surface area contributed by atoms with Crippen molar-refractivity contribution in [2.45, 2.75) is 45.3 Å². The molecule has 0 saturated carbocycles. The van der Waals surface area contributed by atoms with Gasteiger partial charge in [-0.15, -0.1) is 0 Å². The third kappa shape index (κ3) is 4.19. The molecule has 0 bridgehead atoms. The number of nitrogens with zero attached hydrogens (tertiary/aromatic N) is 2.